The molecule has 1 aliphatic rings. The van der Waals surface area contributed by atoms with E-state index in [4.69, 9.17) is 0 Å². The maximum Gasteiger partial charge on any atom is 0.266 e. The second kappa shape index (κ2) is 10.9. The fourth-order valence-electron chi connectivity index (χ4n) is 4.75. The summed E-state index contributed by atoms with van der Waals surface area (Å²) in [4.78, 5) is 21.8. The van der Waals surface area contributed by atoms with Gasteiger partial charge in [0.05, 0.1) is 17.2 Å². The van der Waals surface area contributed by atoms with Gasteiger partial charge in [-0.1, -0.05) is 78.9 Å². The topological polar surface area (TPSA) is 72.3 Å². The first-order chi connectivity index (χ1) is 17.7. The van der Waals surface area contributed by atoms with E-state index in [1.807, 2.05) is 42.5 Å². The molecule has 1 aliphatic heterocycles. The zero-order valence-corrected chi connectivity index (χ0v) is 19.9. The van der Waals surface area contributed by atoms with Crippen molar-refractivity contribution in [3.63, 3.8) is 0 Å². The summed E-state index contributed by atoms with van der Waals surface area (Å²) in [6, 6.07) is 32.8. The number of carbonyl (C=O) groups is 1. The zero-order valence-electron chi connectivity index (χ0n) is 19.9. The molecular formula is C30H27N5O. The SMILES string of the molecule is N#C/C(=C/Nc1cccc2cccnc12)C(=O)N1CCN(C(c2ccccc2)c2ccccc2)CC1. The third-order valence-corrected chi connectivity index (χ3v) is 6.55. The van der Waals surface area contributed by atoms with E-state index >= 15 is 0 Å². The van der Waals surface area contributed by atoms with Crippen molar-refractivity contribution < 1.29 is 4.79 Å². The monoisotopic (exact) mass is 473 g/mol. The van der Waals surface area contributed by atoms with E-state index in [1.54, 1.807) is 11.1 Å². The largest absolute Gasteiger partial charge is 0.358 e. The molecule has 6 nitrogen and oxygen atoms in total. The summed E-state index contributed by atoms with van der Waals surface area (Å²) in [5.74, 6) is -0.256. The van der Waals surface area contributed by atoms with Gasteiger partial charge in [0.15, 0.2) is 0 Å². The number of nitriles is 1. The van der Waals surface area contributed by atoms with Gasteiger partial charge in [0, 0.05) is 44.0 Å². The molecule has 1 N–H and O–H groups in total. The van der Waals surface area contributed by atoms with Crippen molar-refractivity contribution in [1.29, 1.82) is 5.26 Å². The van der Waals surface area contributed by atoms with Gasteiger partial charge in [0.2, 0.25) is 0 Å². The van der Waals surface area contributed by atoms with Crippen LogP contribution in [0.2, 0.25) is 0 Å². The lowest BCUT2D eigenvalue weighted by molar-refractivity contribution is -0.128. The van der Waals surface area contributed by atoms with Crippen LogP contribution in [0.25, 0.3) is 10.9 Å². The van der Waals surface area contributed by atoms with Crippen LogP contribution in [0.15, 0.2) is 109 Å². The van der Waals surface area contributed by atoms with E-state index in [9.17, 15) is 10.1 Å². The quantitative estimate of drug-likeness (QED) is 0.316. The number of para-hydroxylation sites is 1. The Morgan fingerprint density at radius 3 is 2.14 bits per heavy atom. The van der Waals surface area contributed by atoms with Crippen molar-refractivity contribution in [1.82, 2.24) is 14.8 Å². The maximum absolute atomic E-state index is 13.2. The summed E-state index contributed by atoms with van der Waals surface area (Å²) in [7, 11) is 0. The number of piperazine rings is 1. The van der Waals surface area contributed by atoms with Crippen LogP contribution in [0.3, 0.4) is 0 Å². The number of anilines is 1. The van der Waals surface area contributed by atoms with Crippen LogP contribution in [0.1, 0.15) is 17.2 Å². The molecule has 1 amide bonds. The fraction of sp³-hybridized carbons (Fsp3) is 0.167. The molecule has 0 aliphatic carbocycles. The molecule has 36 heavy (non-hydrogen) atoms. The number of hydrogen-bond donors (Lipinski definition) is 1. The molecule has 0 radical (unpaired) electrons. The van der Waals surface area contributed by atoms with Crippen LogP contribution in [0.4, 0.5) is 5.69 Å². The minimum Gasteiger partial charge on any atom is -0.358 e. The molecule has 0 spiro atoms. The lowest BCUT2D eigenvalue weighted by Crippen LogP contribution is -2.50. The summed E-state index contributed by atoms with van der Waals surface area (Å²) in [6.45, 7) is 2.56. The van der Waals surface area contributed by atoms with E-state index in [2.05, 4.69) is 69.8 Å². The summed E-state index contributed by atoms with van der Waals surface area (Å²) in [5, 5.41) is 13.8. The van der Waals surface area contributed by atoms with Gasteiger partial charge in [-0.05, 0) is 23.3 Å². The molecule has 0 bridgehead atoms. The summed E-state index contributed by atoms with van der Waals surface area (Å²) >= 11 is 0. The van der Waals surface area contributed by atoms with Gasteiger partial charge in [-0.15, -0.1) is 0 Å². The Balaban J connectivity index is 1.29. The highest BCUT2D eigenvalue weighted by Gasteiger charge is 2.29. The molecule has 0 atom stereocenters. The first-order valence-corrected chi connectivity index (χ1v) is 12.1. The third-order valence-electron chi connectivity index (χ3n) is 6.55. The summed E-state index contributed by atoms with van der Waals surface area (Å²) in [5.41, 5.74) is 4.09. The standard InChI is InChI=1S/C30H27N5O/c31-21-26(22-33-27-15-7-13-23-14-8-16-32-28(23)27)30(36)35-19-17-34(18-20-35)29(24-9-3-1-4-10-24)25-11-5-2-6-12-25/h1-16,22,29,33H,17-20H2/b26-22-. The molecule has 1 fully saturated rings. The maximum atomic E-state index is 13.2. The number of benzene rings is 3. The van der Waals surface area contributed by atoms with Crippen LogP contribution >= 0.6 is 0 Å². The Labute approximate surface area is 211 Å². The van der Waals surface area contributed by atoms with Gasteiger partial charge in [0.25, 0.3) is 5.91 Å². The number of amides is 1. The number of carbonyl (C=O) groups excluding carboxylic acids is 1. The van der Waals surface area contributed by atoms with Gasteiger partial charge >= 0.3 is 0 Å². The molecule has 5 rings (SSSR count). The number of nitrogens with zero attached hydrogens (tertiary/aromatic N) is 4. The molecule has 1 aromatic heterocycles. The molecule has 0 saturated carbocycles. The normalized spacial score (nSPS) is 14.6. The Hall–Kier alpha value is -4.47. The van der Waals surface area contributed by atoms with Crippen molar-refractivity contribution in [2.75, 3.05) is 31.5 Å². The molecular weight excluding hydrogens is 446 g/mol. The van der Waals surface area contributed by atoms with Crippen molar-refractivity contribution in [2.45, 2.75) is 6.04 Å². The smallest absolute Gasteiger partial charge is 0.266 e. The Kier molecular flexibility index (Phi) is 7.02. The Morgan fingerprint density at radius 2 is 1.50 bits per heavy atom. The van der Waals surface area contributed by atoms with Gasteiger partial charge in [-0.25, -0.2) is 0 Å². The first kappa shape index (κ1) is 23.3. The van der Waals surface area contributed by atoms with Gasteiger partial charge < -0.3 is 10.2 Å². The van der Waals surface area contributed by atoms with Crippen LogP contribution in [0, 0.1) is 11.3 Å². The minimum absolute atomic E-state index is 0.0825. The second-order valence-corrected chi connectivity index (χ2v) is 8.75. The number of pyridine rings is 1. The molecule has 6 heteroatoms. The first-order valence-electron chi connectivity index (χ1n) is 12.1. The number of aromatic nitrogens is 1. The summed E-state index contributed by atoms with van der Waals surface area (Å²) < 4.78 is 0. The molecule has 1 saturated heterocycles. The molecule has 3 aromatic carbocycles. The second-order valence-electron chi connectivity index (χ2n) is 8.75. The molecule has 178 valence electrons. The molecule has 0 unspecified atom stereocenters. The van der Waals surface area contributed by atoms with Crippen LogP contribution in [0.5, 0.6) is 0 Å². The van der Waals surface area contributed by atoms with Crippen LogP contribution < -0.4 is 5.32 Å². The average Bonchev–Trinajstić information content (AvgIpc) is 2.95. The molecule has 2 heterocycles. The third kappa shape index (κ3) is 4.97. The van der Waals surface area contributed by atoms with E-state index < -0.39 is 0 Å². The molecule has 4 aromatic rings. The minimum atomic E-state index is -0.256. The number of nitrogens with one attached hydrogen (secondary N) is 1. The van der Waals surface area contributed by atoms with E-state index in [-0.39, 0.29) is 17.5 Å². The van der Waals surface area contributed by atoms with Crippen molar-refractivity contribution in [3.8, 4) is 6.07 Å². The number of fused-ring (bicyclic) bond motifs is 1. The van der Waals surface area contributed by atoms with Crippen molar-refractivity contribution in [3.05, 3.63) is 120 Å². The van der Waals surface area contributed by atoms with Gasteiger partial charge in [0.1, 0.15) is 11.6 Å². The van der Waals surface area contributed by atoms with E-state index in [0.29, 0.717) is 13.1 Å². The Bertz CT molecular complexity index is 1360. The van der Waals surface area contributed by atoms with Gasteiger partial charge in [-0.3, -0.25) is 14.7 Å². The highest BCUT2D eigenvalue weighted by atomic mass is 16.2. The average molecular weight is 474 g/mol. The highest BCUT2D eigenvalue weighted by Crippen LogP contribution is 2.29. The van der Waals surface area contributed by atoms with Crippen LogP contribution in [-0.4, -0.2) is 46.9 Å². The predicted molar refractivity (Wildman–Crippen MR) is 142 cm³/mol. The van der Waals surface area contributed by atoms with E-state index in [1.165, 1.54) is 17.3 Å². The fourth-order valence-corrected chi connectivity index (χ4v) is 4.75. The van der Waals surface area contributed by atoms with Crippen molar-refractivity contribution in [2.24, 2.45) is 0 Å². The zero-order chi connectivity index (χ0) is 24.7. The van der Waals surface area contributed by atoms with Gasteiger partial charge in [-0.2, -0.15) is 5.26 Å². The summed E-state index contributed by atoms with van der Waals surface area (Å²) in [6.07, 6.45) is 3.22. The predicted octanol–water partition coefficient (Wildman–Crippen LogP) is 4.99. The van der Waals surface area contributed by atoms with Crippen LogP contribution in [-0.2, 0) is 4.79 Å². The Morgan fingerprint density at radius 1 is 0.861 bits per heavy atom. The number of rotatable bonds is 6. The number of hydrogen-bond acceptors (Lipinski definition) is 5. The van der Waals surface area contributed by atoms with E-state index in [0.717, 1.165) is 29.7 Å². The lowest BCUT2D eigenvalue weighted by Gasteiger charge is -2.39. The highest BCUT2D eigenvalue weighted by molar-refractivity contribution is 5.98. The van der Waals surface area contributed by atoms with Crippen molar-refractivity contribution >= 4 is 22.5 Å². The lowest BCUT2D eigenvalue weighted by atomic mass is 9.96.